The van der Waals surface area contributed by atoms with Gasteiger partial charge in [0.05, 0.1) is 0 Å². The molecule has 2 nitrogen and oxygen atoms in total. The smallest absolute Gasteiger partial charge is 0.417 e. The van der Waals surface area contributed by atoms with Crippen LogP contribution in [-0.4, -0.2) is 12.6 Å². The predicted octanol–water partition coefficient (Wildman–Crippen LogP) is 1.20. The Hall–Kier alpha value is -0.490. The molecule has 0 saturated carbocycles. The maximum Gasteiger partial charge on any atom is 0.417 e. The van der Waals surface area contributed by atoms with Gasteiger partial charge in [0, 0.05) is 22.4 Å². The third kappa shape index (κ3) is 5.38. The van der Waals surface area contributed by atoms with E-state index < -0.39 is 0 Å². The molecule has 0 aromatic carbocycles. The van der Waals surface area contributed by atoms with E-state index in [1.807, 2.05) is 0 Å². The molecule has 1 radical (unpaired) electrons. The van der Waals surface area contributed by atoms with Gasteiger partial charge in [-0.1, -0.05) is 5.92 Å². The van der Waals surface area contributed by atoms with Crippen molar-refractivity contribution in [2.75, 3.05) is 0 Å². The molecule has 0 fully saturated rings. The fraction of sp³-hybridized carbons (Fsp3) is 0.500. The van der Waals surface area contributed by atoms with E-state index in [2.05, 4.69) is 31.4 Å². The molecule has 3 heteroatoms. The molecule has 1 atom stereocenters. The lowest BCUT2D eigenvalue weighted by atomic mass is 10.3. The van der Waals surface area contributed by atoms with Crippen LogP contribution < -0.4 is 0 Å². The van der Waals surface area contributed by atoms with Crippen LogP contribution in [0.25, 0.3) is 0 Å². The second-order valence-corrected chi connectivity index (χ2v) is 1.88. The molecule has 0 amide bonds. The minimum Gasteiger partial charge on any atom is -0.453 e. The maximum atomic E-state index is 9.57. The first-order chi connectivity index (χ1) is 4.31. The average molecular weight is 190 g/mol. The van der Waals surface area contributed by atoms with Gasteiger partial charge in [-0.05, 0) is 11.8 Å². The summed E-state index contributed by atoms with van der Waals surface area (Å²) in [7, 11) is 0. The average Bonchev–Trinajstić information content (AvgIpc) is 1.85. The molecule has 0 aliphatic rings. The van der Waals surface area contributed by atoms with Crippen molar-refractivity contribution in [1.29, 1.82) is 0 Å². The predicted molar refractivity (Wildman–Crippen MR) is 37.6 cm³/mol. The highest BCUT2D eigenvalue weighted by molar-refractivity contribution is 9.12. The Balaban J connectivity index is 3.33. The number of ether oxygens (including phenoxy) is 1. The lowest BCUT2D eigenvalue weighted by molar-refractivity contribution is 0.199. The first-order valence-electron chi connectivity index (χ1n) is 2.42. The normalized spacial score (nSPS) is 10.9. The van der Waals surface area contributed by atoms with Gasteiger partial charge < -0.3 is 4.74 Å². The van der Waals surface area contributed by atoms with Crippen LogP contribution in [0.15, 0.2) is 0 Å². The highest BCUT2D eigenvalue weighted by atomic mass is 79.9. The quantitative estimate of drug-likeness (QED) is 0.625. The van der Waals surface area contributed by atoms with Gasteiger partial charge >= 0.3 is 6.47 Å². The van der Waals surface area contributed by atoms with E-state index in [0.717, 1.165) is 0 Å². The zero-order chi connectivity index (χ0) is 7.11. The molecular formula is C6H6BrO2. The van der Waals surface area contributed by atoms with Gasteiger partial charge in [0.25, 0.3) is 0 Å². The fourth-order valence-electron chi connectivity index (χ4n) is 0.306. The summed E-state index contributed by atoms with van der Waals surface area (Å²) in [5, 5.41) is 0. The van der Waals surface area contributed by atoms with Crippen molar-refractivity contribution in [3.8, 4) is 10.8 Å². The first-order valence-corrected chi connectivity index (χ1v) is 3.22. The Labute approximate surface area is 62.7 Å². The van der Waals surface area contributed by atoms with E-state index in [1.54, 1.807) is 6.92 Å². The van der Waals surface area contributed by atoms with Crippen molar-refractivity contribution in [3.63, 3.8) is 0 Å². The lowest BCUT2D eigenvalue weighted by Gasteiger charge is -2.00. The minimum atomic E-state index is -0.160. The van der Waals surface area contributed by atoms with Crippen molar-refractivity contribution in [3.05, 3.63) is 0 Å². The summed E-state index contributed by atoms with van der Waals surface area (Å²) >= 11 is 2.91. The third-order valence-corrected chi connectivity index (χ3v) is 0.986. The second kappa shape index (κ2) is 5.64. The summed E-state index contributed by atoms with van der Waals surface area (Å²) in [6.45, 7) is 3.10. The molecule has 0 saturated heterocycles. The van der Waals surface area contributed by atoms with Crippen LogP contribution in [0.2, 0.25) is 0 Å². The number of carbonyl (C=O) groups excluding carboxylic acids is 1. The number of rotatable bonds is 3. The molecule has 0 aromatic heterocycles. The van der Waals surface area contributed by atoms with E-state index in [9.17, 15) is 4.79 Å². The molecule has 0 aliphatic carbocycles. The second-order valence-electron chi connectivity index (χ2n) is 1.49. The Bertz CT molecular complexity index is 134. The zero-order valence-corrected chi connectivity index (χ0v) is 6.56. The van der Waals surface area contributed by atoms with E-state index in [1.165, 1.54) is 6.47 Å². The van der Waals surface area contributed by atoms with Crippen LogP contribution in [0.3, 0.4) is 0 Å². The van der Waals surface area contributed by atoms with Gasteiger partial charge in [0.2, 0.25) is 0 Å². The Morgan fingerprint density at radius 2 is 2.44 bits per heavy atom. The van der Waals surface area contributed by atoms with E-state index in [0.29, 0.717) is 6.42 Å². The number of hydrogen-bond acceptors (Lipinski definition) is 2. The zero-order valence-electron chi connectivity index (χ0n) is 4.98. The highest BCUT2D eigenvalue weighted by Gasteiger charge is 1.96. The third-order valence-electron chi connectivity index (χ3n) is 0.706. The molecule has 0 aliphatic heterocycles. The number of halogens is 1. The van der Waals surface area contributed by atoms with Gasteiger partial charge in [-0.3, -0.25) is 0 Å². The summed E-state index contributed by atoms with van der Waals surface area (Å²) in [6.07, 6.45) is 0.382. The number of hydrogen-bond donors (Lipinski definition) is 0. The molecule has 0 aromatic rings. The van der Waals surface area contributed by atoms with Crippen molar-refractivity contribution in [2.45, 2.75) is 19.4 Å². The van der Waals surface area contributed by atoms with Crippen LogP contribution in [0, 0.1) is 10.8 Å². The topological polar surface area (TPSA) is 26.3 Å². The van der Waals surface area contributed by atoms with Crippen LogP contribution in [0.5, 0.6) is 0 Å². The maximum absolute atomic E-state index is 9.57. The standard InChI is InChI=1S/C6H6BrO2/c1-6(9-5-8)3-2-4-7/h6H,3H2,1H3. The Morgan fingerprint density at radius 1 is 1.78 bits per heavy atom. The summed E-state index contributed by atoms with van der Waals surface area (Å²) in [6, 6.07) is 0. The summed E-state index contributed by atoms with van der Waals surface area (Å²) < 4.78 is 4.42. The van der Waals surface area contributed by atoms with Gasteiger partial charge in [-0.25, -0.2) is 4.79 Å². The molecule has 0 N–H and O–H groups in total. The first kappa shape index (κ1) is 8.51. The summed E-state index contributed by atoms with van der Waals surface area (Å²) in [4.78, 5) is 12.1. The molecule has 0 bridgehead atoms. The van der Waals surface area contributed by atoms with Crippen molar-refractivity contribution < 1.29 is 9.53 Å². The SMILES string of the molecule is CC(CC#CBr)O[C]=O. The van der Waals surface area contributed by atoms with Crippen LogP contribution in [-0.2, 0) is 9.53 Å². The molecule has 0 heterocycles. The fourth-order valence-corrected chi connectivity index (χ4v) is 0.468. The Morgan fingerprint density at radius 3 is 2.89 bits per heavy atom. The molecule has 1 unspecified atom stereocenters. The van der Waals surface area contributed by atoms with Crippen LogP contribution in [0.1, 0.15) is 13.3 Å². The molecule has 0 spiro atoms. The molecular weight excluding hydrogens is 184 g/mol. The van der Waals surface area contributed by atoms with E-state index >= 15 is 0 Å². The summed E-state index contributed by atoms with van der Waals surface area (Å²) in [5.74, 6) is 2.70. The van der Waals surface area contributed by atoms with Crippen LogP contribution >= 0.6 is 15.9 Å². The highest BCUT2D eigenvalue weighted by Crippen LogP contribution is 1.92. The van der Waals surface area contributed by atoms with Crippen LogP contribution in [0.4, 0.5) is 0 Å². The molecule has 0 rings (SSSR count). The summed E-state index contributed by atoms with van der Waals surface area (Å²) in [5.41, 5.74) is 0. The Kier molecular flexibility index (Phi) is 5.34. The van der Waals surface area contributed by atoms with E-state index in [-0.39, 0.29) is 6.10 Å². The minimum absolute atomic E-state index is 0.160. The van der Waals surface area contributed by atoms with Gasteiger partial charge in [-0.2, -0.15) is 0 Å². The van der Waals surface area contributed by atoms with E-state index in [4.69, 9.17) is 0 Å². The monoisotopic (exact) mass is 189 g/mol. The molecule has 9 heavy (non-hydrogen) atoms. The van der Waals surface area contributed by atoms with Gasteiger partial charge in [0.1, 0.15) is 6.10 Å². The van der Waals surface area contributed by atoms with Crippen molar-refractivity contribution in [1.82, 2.24) is 0 Å². The molecule has 49 valence electrons. The van der Waals surface area contributed by atoms with Gasteiger partial charge in [-0.15, -0.1) is 0 Å². The lowest BCUT2D eigenvalue weighted by Crippen LogP contribution is -2.04. The van der Waals surface area contributed by atoms with Crippen molar-refractivity contribution in [2.24, 2.45) is 0 Å². The largest absolute Gasteiger partial charge is 0.453 e. The van der Waals surface area contributed by atoms with Gasteiger partial charge in [0.15, 0.2) is 0 Å². The van der Waals surface area contributed by atoms with Crippen molar-refractivity contribution >= 4 is 22.4 Å².